The summed E-state index contributed by atoms with van der Waals surface area (Å²) in [6.45, 7) is 0.845. The van der Waals surface area contributed by atoms with E-state index in [2.05, 4.69) is 19.5 Å². The summed E-state index contributed by atoms with van der Waals surface area (Å²) in [6.07, 6.45) is 9.01. The van der Waals surface area contributed by atoms with E-state index >= 15 is 0 Å². The molecule has 5 nitrogen and oxygen atoms in total. The van der Waals surface area contributed by atoms with Crippen molar-refractivity contribution < 1.29 is 0 Å². The van der Waals surface area contributed by atoms with Crippen LogP contribution in [-0.4, -0.2) is 30.0 Å². The van der Waals surface area contributed by atoms with Crippen molar-refractivity contribution in [2.45, 2.75) is 19.4 Å². The molecule has 0 atom stereocenters. The Morgan fingerprint density at radius 2 is 2.10 bits per heavy atom. The van der Waals surface area contributed by atoms with E-state index in [-0.39, 0.29) is 0 Å². The number of aryl methyl sites for hydroxylation is 4. The number of aromatic nitrogens is 5. The average Bonchev–Trinajstić information content (AvgIpc) is 3.01. The smallest absolute Gasteiger partial charge is 0.111 e. The molecule has 3 heterocycles. The second-order valence-electron chi connectivity index (χ2n) is 4.69. The van der Waals surface area contributed by atoms with Gasteiger partial charge in [-0.15, -0.1) is 11.6 Å². The fourth-order valence-electron chi connectivity index (χ4n) is 2.41. The maximum absolute atomic E-state index is 5.88. The topological polar surface area (TPSA) is 48.5 Å². The van der Waals surface area contributed by atoms with Crippen molar-refractivity contribution in [3.05, 3.63) is 42.5 Å². The number of nitrogens with zero attached hydrogens (tertiary/aromatic N) is 5. The first kappa shape index (κ1) is 13.1. The molecular weight excluding hydrogens is 274 g/mol. The number of alkyl halides is 1. The lowest BCUT2D eigenvalue weighted by Crippen LogP contribution is -2.09. The first-order valence-electron chi connectivity index (χ1n) is 6.61. The molecule has 0 saturated carbocycles. The van der Waals surface area contributed by atoms with Gasteiger partial charge in [0.25, 0.3) is 0 Å². The van der Waals surface area contributed by atoms with E-state index in [0.29, 0.717) is 5.88 Å². The Morgan fingerprint density at radius 1 is 1.20 bits per heavy atom. The molecule has 0 aromatic carbocycles. The Kier molecular flexibility index (Phi) is 3.69. The predicted molar refractivity (Wildman–Crippen MR) is 78.9 cm³/mol. The zero-order valence-corrected chi connectivity index (χ0v) is 12.1. The molecule has 0 bridgehead atoms. The number of pyridine rings is 1. The summed E-state index contributed by atoms with van der Waals surface area (Å²) in [7, 11) is 2.01. The number of rotatable bonds is 5. The molecule has 3 rings (SSSR count). The van der Waals surface area contributed by atoms with Crippen LogP contribution >= 0.6 is 11.6 Å². The molecule has 6 heteroatoms. The van der Waals surface area contributed by atoms with Crippen molar-refractivity contribution in [2.75, 3.05) is 5.88 Å². The molecule has 0 amide bonds. The minimum atomic E-state index is 0.569. The Bertz CT molecular complexity index is 715. The van der Waals surface area contributed by atoms with Crippen molar-refractivity contribution >= 4 is 22.6 Å². The molecular formula is C14H16ClN5. The fraction of sp³-hybridized carbons (Fsp3) is 0.357. The summed E-state index contributed by atoms with van der Waals surface area (Å²) in [6, 6.07) is 2.00. The van der Waals surface area contributed by atoms with Crippen molar-refractivity contribution in [3.63, 3.8) is 0 Å². The van der Waals surface area contributed by atoms with Gasteiger partial charge in [0.1, 0.15) is 17.2 Å². The third kappa shape index (κ3) is 2.41. The normalized spacial score (nSPS) is 11.3. The largest absolute Gasteiger partial charge is 0.338 e. The zero-order chi connectivity index (χ0) is 13.9. The van der Waals surface area contributed by atoms with Gasteiger partial charge < -0.3 is 9.13 Å². The first-order valence-corrected chi connectivity index (χ1v) is 7.14. The van der Waals surface area contributed by atoms with Gasteiger partial charge in [0.05, 0.1) is 11.7 Å². The number of hydrogen-bond acceptors (Lipinski definition) is 3. The molecule has 0 fully saturated rings. The van der Waals surface area contributed by atoms with E-state index in [1.54, 1.807) is 12.4 Å². The molecule has 0 unspecified atom stereocenters. The van der Waals surface area contributed by atoms with Crippen LogP contribution in [0.1, 0.15) is 11.6 Å². The summed E-state index contributed by atoms with van der Waals surface area (Å²) >= 11 is 5.88. The van der Waals surface area contributed by atoms with Crippen molar-refractivity contribution in [1.82, 2.24) is 24.1 Å². The summed E-state index contributed by atoms with van der Waals surface area (Å²) in [4.78, 5) is 13.1. The molecule has 104 valence electrons. The van der Waals surface area contributed by atoms with Gasteiger partial charge in [0.2, 0.25) is 0 Å². The first-order chi connectivity index (χ1) is 9.79. The van der Waals surface area contributed by atoms with Gasteiger partial charge in [-0.25, -0.2) is 9.97 Å². The van der Waals surface area contributed by atoms with Gasteiger partial charge in [-0.2, -0.15) is 0 Å². The van der Waals surface area contributed by atoms with Crippen LogP contribution in [0.2, 0.25) is 0 Å². The average molecular weight is 290 g/mol. The van der Waals surface area contributed by atoms with Gasteiger partial charge in [0, 0.05) is 50.9 Å². The highest BCUT2D eigenvalue weighted by Gasteiger charge is 2.11. The highest BCUT2D eigenvalue weighted by atomic mass is 35.5. The Balaban J connectivity index is 1.92. The monoisotopic (exact) mass is 289 g/mol. The molecule has 3 aromatic rings. The van der Waals surface area contributed by atoms with Crippen molar-refractivity contribution in [3.8, 4) is 0 Å². The molecule has 0 aliphatic carbocycles. The van der Waals surface area contributed by atoms with E-state index in [9.17, 15) is 0 Å². The van der Waals surface area contributed by atoms with E-state index < -0.39 is 0 Å². The van der Waals surface area contributed by atoms with Crippen LogP contribution in [0.25, 0.3) is 11.0 Å². The molecule has 0 spiro atoms. The quantitative estimate of drug-likeness (QED) is 0.677. The fourth-order valence-corrected chi connectivity index (χ4v) is 2.57. The lowest BCUT2D eigenvalue weighted by atomic mass is 10.3. The number of imidazole rings is 2. The second-order valence-corrected chi connectivity index (χ2v) is 5.07. The minimum Gasteiger partial charge on any atom is -0.338 e. The van der Waals surface area contributed by atoms with Crippen LogP contribution in [-0.2, 0) is 26.4 Å². The van der Waals surface area contributed by atoms with E-state index in [0.717, 1.165) is 42.1 Å². The minimum absolute atomic E-state index is 0.569. The van der Waals surface area contributed by atoms with E-state index in [4.69, 9.17) is 11.6 Å². The summed E-state index contributed by atoms with van der Waals surface area (Å²) in [5, 5.41) is 0. The van der Waals surface area contributed by atoms with Gasteiger partial charge in [0.15, 0.2) is 0 Å². The second kappa shape index (κ2) is 5.63. The summed E-state index contributed by atoms with van der Waals surface area (Å²) < 4.78 is 4.26. The highest BCUT2D eigenvalue weighted by molar-refractivity contribution is 6.17. The maximum Gasteiger partial charge on any atom is 0.111 e. The zero-order valence-electron chi connectivity index (χ0n) is 11.3. The van der Waals surface area contributed by atoms with Crippen molar-refractivity contribution in [2.24, 2.45) is 7.05 Å². The van der Waals surface area contributed by atoms with Gasteiger partial charge in [-0.1, -0.05) is 0 Å². The third-order valence-electron chi connectivity index (χ3n) is 3.43. The van der Waals surface area contributed by atoms with Crippen LogP contribution in [0.4, 0.5) is 0 Å². The highest BCUT2D eigenvalue weighted by Crippen LogP contribution is 2.16. The van der Waals surface area contributed by atoms with Crippen LogP contribution in [0.15, 0.2) is 30.9 Å². The van der Waals surface area contributed by atoms with Gasteiger partial charge in [-0.3, -0.25) is 4.98 Å². The molecule has 3 aromatic heterocycles. The van der Waals surface area contributed by atoms with Gasteiger partial charge in [-0.05, 0) is 6.07 Å². The van der Waals surface area contributed by atoms with Crippen molar-refractivity contribution in [1.29, 1.82) is 0 Å². The maximum atomic E-state index is 5.88. The molecule has 0 aliphatic heterocycles. The predicted octanol–water partition coefficient (Wildman–Crippen LogP) is 2.19. The summed E-state index contributed by atoms with van der Waals surface area (Å²) in [5.41, 5.74) is 2.03. The molecule has 20 heavy (non-hydrogen) atoms. The Labute approximate surface area is 122 Å². The number of halogens is 1. The Morgan fingerprint density at radius 3 is 2.85 bits per heavy atom. The lowest BCUT2D eigenvalue weighted by Gasteiger charge is -2.08. The molecule has 0 aliphatic rings. The molecule has 0 saturated heterocycles. The number of fused-ring (bicyclic) bond motifs is 1. The van der Waals surface area contributed by atoms with E-state index in [1.165, 1.54) is 0 Å². The molecule has 0 radical (unpaired) electrons. The Hall–Kier alpha value is -1.88. The summed E-state index contributed by atoms with van der Waals surface area (Å²) in [5.74, 6) is 2.65. The van der Waals surface area contributed by atoms with Crippen LogP contribution in [0.3, 0.4) is 0 Å². The lowest BCUT2D eigenvalue weighted by molar-refractivity contribution is 0.638. The van der Waals surface area contributed by atoms with E-state index in [1.807, 2.05) is 30.1 Å². The number of hydrogen-bond donors (Lipinski definition) is 0. The standard InChI is InChI=1S/C14H16ClN5/c1-19-9-7-17-13(19)4-8-20-12-3-6-16-10-11(12)18-14(20)2-5-15/h3,6-7,9-10H,2,4-5,8H2,1H3. The van der Waals surface area contributed by atoms with Crippen LogP contribution in [0.5, 0.6) is 0 Å². The SMILES string of the molecule is Cn1ccnc1CCn1c(CCCl)nc2cnccc21. The van der Waals surface area contributed by atoms with Crippen LogP contribution in [0, 0.1) is 0 Å². The molecule has 0 N–H and O–H groups in total. The third-order valence-corrected chi connectivity index (χ3v) is 3.62. The van der Waals surface area contributed by atoms with Gasteiger partial charge >= 0.3 is 0 Å². The van der Waals surface area contributed by atoms with Crippen LogP contribution < -0.4 is 0 Å².